The van der Waals surface area contributed by atoms with E-state index in [1.54, 1.807) is 12.1 Å². The number of alkyl halides is 1. The molecule has 0 aliphatic carbocycles. The minimum atomic E-state index is -1.24. The highest BCUT2D eigenvalue weighted by molar-refractivity contribution is 6.22. The van der Waals surface area contributed by atoms with Gasteiger partial charge in [0.25, 0.3) is 0 Å². The van der Waals surface area contributed by atoms with Crippen molar-refractivity contribution in [3.8, 4) is 5.75 Å². The lowest BCUT2D eigenvalue weighted by Gasteiger charge is -2.16. The van der Waals surface area contributed by atoms with E-state index in [1.165, 1.54) is 7.11 Å². The maximum Gasteiger partial charge on any atom is 0.161 e. The van der Waals surface area contributed by atoms with Crippen molar-refractivity contribution in [1.82, 2.24) is 0 Å². The van der Waals surface area contributed by atoms with Crippen molar-refractivity contribution < 1.29 is 17.9 Å². The van der Waals surface area contributed by atoms with Crippen LogP contribution in [0.25, 0.3) is 0 Å². The fraction of sp³-hybridized carbons (Fsp3) is 0.200. The molecule has 1 unspecified atom stereocenters. The van der Waals surface area contributed by atoms with Crippen LogP contribution < -0.4 is 4.74 Å². The van der Waals surface area contributed by atoms with Gasteiger partial charge >= 0.3 is 0 Å². The van der Waals surface area contributed by atoms with E-state index in [1.807, 2.05) is 13.0 Å². The molecule has 0 aliphatic heterocycles. The predicted octanol–water partition coefficient (Wildman–Crippen LogP) is 4.75. The van der Waals surface area contributed by atoms with Gasteiger partial charge in [-0.15, -0.1) is 11.6 Å². The van der Waals surface area contributed by atoms with Crippen LogP contribution in [-0.2, 0) is 0 Å². The molecule has 0 fully saturated rings. The second-order valence-corrected chi connectivity index (χ2v) is 4.83. The zero-order valence-corrected chi connectivity index (χ0v) is 11.6. The van der Waals surface area contributed by atoms with Gasteiger partial charge in [-0.25, -0.2) is 13.2 Å². The number of halogens is 4. The van der Waals surface area contributed by atoms with E-state index in [4.69, 9.17) is 16.3 Å². The van der Waals surface area contributed by atoms with Crippen LogP contribution in [0.2, 0.25) is 0 Å². The first kappa shape index (κ1) is 14.7. The molecule has 2 aromatic rings. The average molecular weight is 301 g/mol. The molecule has 2 rings (SSSR count). The highest BCUT2D eigenvalue weighted by Crippen LogP contribution is 2.37. The van der Waals surface area contributed by atoms with E-state index in [9.17, 15) is 13.2 Å². The predicted molar refractivity (Wildman–Crippen MR) is 71.7 cm³/mol. The molecular formula is C15H12ClF3O. The summed E-state index contributed by atoms with van der Waals surface area (Å²) >= 11 is 6.21. The Balaban J connectivity index is 2.54. The van der Waals surface area contributed by atoms with Crippen LogP contribution in [0.4, 0.5) is 13.2 Å². The maximum absolute atomic E-state index is 13.8. The lowest BCUT2D eigenvalue weighted by molar-refractivity contribution is 0.409. The summed E-state index contributed by atoms with van der Waals surface area (Å²) in [6, 6.07) is 6.48. The van der Waals surface area contributed by atoms with Crippen molar-refractivity contribution in [1.29, 1.82) is 0 Å². The standard InChI is InChI=1S/C15H12ClF3O/c1-8-3-4-14(20-2)10(5-8)15(16)9-6-12(18)13(19)7-11(9)17/h3-7,15H,1-2H3. The van der Waals surface area contributed by atoms with Gasteiger partial charge in [-0.2, -0.15) is 0 Å². The molecule has 106 valence electrons. The van der Waals surface area contributed by atoms with Crippen LogP contribution in [0.3, 0.4) is 0 Å². The molecule has 0 heterocycles. The van der Waals surface area contributed by atoms with Crippen molar-refractivity contribution in [3.63, 3.8) is 0 Å². The summed E-state index contributed by atoms with van der Waals surface area (Å²) in [5.74, 6) is -2.82. The van der Waals surface area contributed by atoms with Gasteiger partial charge in [0, 0.05) is 17.2 Å². The second-order valence-electron chi connectivity index (χ2n) is 4.40. The third kappa shape index (κ3) is 2.75. The summed E-state index contributed by atoms with van der Waals surface area (Å²) in [7, 11) is 1.46. The topological polar surface area (TPSA) is 9.23 Å². The Labute approximate surface area is 119 Å². The van der Waals surface area contributed by atoms with Crippen molar-refractivity contribution in [2.45, 2.75) is 12.3 Å². The van der Waals surface area contributed by atoms with E-state index in [-0.39, 0.29) is 5.56 Å². The molecule has 0 bridgehead atoms. The SMILES string of the molecule is COc1ccc(C)cc1C(Cl)c1cc(F)c(F)cc1F. The van der Waals surface area contributed by atoms with Crippen LogP contribution in [0.5, 0.6) is 5.75 Å². The van der Waals surface area contributed by atoms with Gasteiger partial charge in [0.15, 0.2) is 11.6 Å². The molecule has 1 atom stereocenters. The van der Waals surface area contributed by atoms with Crippen LogP contribution in [0.15, 0.2) is 30.3 Å². The van der Waals surface area contributed by atoms with E-state index >= 15 is 0 Å². The van der Waals surface area contributed by atoms with Crippen molar-refractivity contribution in [2.75, 3.05) is 7.11 Å². The summed E-state index contributed by atoms with van der Waals surface area (Å²) in [6.45, 7) is 1.84. The third-order valence-corrected chi connectivity index (χ3v) is 3.44. The molecule has 0 radical (unpaired) electrons. The fourth-order valence-corrected chi connectivity index (χ4v) is 2.29. The molecular weight excluding hydrogens is 289 g/mol. The molecule has 1 nitrogen and oxygen atoms in total. The van der Waals surface area contributed by atoms with Gasteiger partial charge in [0.2, 0.25) is 0 Å². The number of hydrogen-bond acceptors (Lipinski definition) is 1. The Hall–Kier alpha value is -1.68. The van der Waals surface area contributed by atoms with E-state index < -0.39 is 22.8 Å². The minimum absolute atomic E-state index is 0.130. The molecule has 0 saturated carbocycles. The smallest absolute Gasteiger partial charge is 0.161 e. The van der Waals surface area contributed by atoms with Gasteiger partial charge in [-0.1, -0.05) is 17.7 Å². The summed E-state index contributed by atoms with van der Waals surface area (Å²) in [6.07, 6.45) is 0. The van der Waals surface area contributed by atoms with Gasteiger partial charge < -0.3 is 4.74 Å². The van der Waals surface area contributed by atoms with Crippen LogP contribution in [0.1, 0.15) is 22.1 Å². The van der Waals surface area contributed by atoms with Crippen LogP contribution >= 0.6 is 11.6 Å². The quantitative estimate of drug-likeness (QED) is 0.587. The van der Waals surface area contributed by atoms with Gasteiger partial charge in [-0.05, 0) is 19.1 Å². The van der Waals surface area contributed by atoms with E-state index in [2.05, 4.69) is 0 Å². The van der Waals surface area contributed by atoms with Crippen LogP contribution in [0, 0.1) is 24.4 Å². The average Bonchev–Trinajstić information content (AvgIpc) is 2.42. The number of aryl methyl sites for hydroxylation is 1. The summed E-state index contributed by atoms with van der Waals surface area (Å²) in [5, 5.41) is -0.972. The Kier molecular flexibility index (Phi) is 4.23. The lowest BCUT2D eigenvalue weighted by atomic mass is 10.0. The molecule has 5 heteroatoms. The Morgan fingerprint density at radius 2 is 1.60 bits per heavy atom. The first-order valence-corrected chi connectivity index (χ1v) is 6.30. The summed E-state index contributed by atoms with van der Waals surface area (Å²) in [4.78, 5) is 0. The first-order chi connectivity index (χ1) is 9.43. The molecule has 0 spiro atoms. The summed E-state index contributed by atoms with van der Waals surface area (Å²) < 4.78 is 45.2. The Morgan fingerprint density at radius 1 is 0.950 bits per heavy atom. The minimum Gasteiger partial charge on any atom is -0.496 e. The number of methoxy groups -OCH3 is 1. The first-order valence-electron chi connectivity index (χ1n) is 5.87. The zero-order valence-electron chi connectivity index (χ0n) is 10.9. The molecule has 2 aromatic carbocycles. The monoisotopic (exact) mass is 300 g/mol. The normalized spacial score (nSPS) is 12.3. The molecule has 0 saturated heterocycles. The van der Waals surface area contributed by atoms with E-state index in [0.717, 1.165) is 11.6 Å². The Morgan fingerprint density at radius 3 is 2.25 bits per heavy atom. The number of benzene rings is 2. The number of hydrogen-bond donors (Lipinski definition) is 0. The largest absolute Gasteiger partial charge is 0.496 e. The third-order valence-electron chi connectivity index (χ3n) is 2.97. The summed E-state index contributed by atoms with van der Waals surface area (Å²) in [5.41, 5.74) is 1.27. The lowest BCUT2D eigenvalue weighted by Crippen LogP contribution is -2.02. The molecule has 20 heavy (non-hydrogen) atoms. The van der Waals surface area contributed by atoms with Crippen molar-refractivity contribution in [3.05, 3.63) is 64.5 Å². The maximum atomic E-state index is 13.8. The fourth-order valence-electron chi connectivity index (χ4n) is 1.95. The van der Waals surface area contributed by atoms with Gasteiger partial charge in [-0.3, -0.25) is 0 Å². The highest BCUT2D eigenvalue weighted by atomic mass is 35.5. The van der Waals surface area contributed by atoms with E-state index in [0.29, 0.717) is 17.4 Å². The van der Waals surface area contributed by atoms with Gasteiger partial charge in [0.05, 0.1) is 12.5 Å². The second kappa shape index (κ2) is 5.75. The molecule has 0 aromatic heterocycles. The highest BCUT2D eigenvalue weighted by Gasteiger charge is 2.21. The number of ether oxygens (including phenoxy) is 1. The number of rotatable bonds is 3. The zero-order chi connectivity index (χ0) is 14.9. The Bertz CT molecular complexity index is 643. The molecule has 0 amide bonds. The van der Waals surface area contributed by atoms with Crippen LogP contribution in [-0.4, -0.2) is 7.11 Å². The van der Waals surface area contributed by atoms with Gasteiger partial charge in [0.1, 0.15) is 11.6 Å². The molecule has 0 aliphatic rings. The van der Waals surface area contributed by atoms with Crippen molar-refractivity contribution >= 4 is 11.6 Å². The van der Waals surface area contributed by atoms with Crippen molar-refractivity contribution in [2.24, 2.45) is 0 Å². The molecule has 0 N–H and O–H groups in total.